The van der Waals surface area contributed by atoms with Gasteiger partial charge < -0.3 is 4.74 Å². The Morgan fingerprint density at radius 3 is 2.02 bits per heavy atom. The fraction of sp³-hybridized carbons (Fsp3) is 0.0333. The minimum Gasteiger partial charge on any atom is -0.497 e. The molecule has 40 heavy (non-hydrogen) atoms. The predicted octanol–water partition coefficient (Wildman–Crippen LogP) is 6.10. The van der Waals surface area contributed by atoms with E-state index in [4.69, 9.17) is 4.74 Å². The van der Waals surface area contributed by atoms with Crippen molar-refractivity contribution in [1.82, 2.24) is 4.98 Å². The van der Waals surface area contributed by atoms with Gasteiger partial charge in [-0.25, -0.2) is 13.4 Å². The number of carbonyl (C=O) groups is 2. The molecule has 1 aromatic heterocycles. The van der Waals surface area contributed by atoms with Gasteiger partial charge in [0, 0.05) is 22.4 Å². The molecule has 5 aromatic rings. The molecule has 0 aliphatic carbocycles. The van der Waals surface area contributed by atoms with Gasteiger partial charge in [0.2, 0.25) is 5.78 Å². The molecule has 1 amide bonds. The number of ether oxygens (including phenoxy) is 1. The molecular weight excluding hydrogens is 546 g/mol. The van der Waals surface area contributed by atoms with Crippen LogP contribution in [0.3, 0.4) is 0 Å². The van der Waals surface area contributed by atoms with E-state index in [1.165, 1.54) is 43.5 Å². The maximum absolute atomic E-state index is 13.3. The number of amides is 1. The summed E-state index contributed by atoms with van der Waals surface area (Å²) >= 11 is 1.10. The topological polar surface area (TPSA) is 114 Å². The fourth-order valence-corrected chi connectivity index (χ4v) is 5.87. The SMILES string of the molecule is COc1ccc(S(=O)(=O)Nc2ccc(C(=O)Nc3nc(-c4ccccc4)c(C(=O)c4ccccc4)s3)cc2)cc1. The molecule has 0 spiro atoms. The normalized spacial score (nSPS) is 11.0. The van der Waals surface area contributed by atoms with E-state index in [-0.39, 0.29) is 15.8 Å². The smallest absolute Gasteiger partial charge is 0.261 e. The van der Waals surface area contributed by atoms with Crippen molar-refractivity contribution < 1.29 is 22.7 Å². The molecule has 4 aromatic carbocycles. The van der Waals surface area contributed by atoms with E-state index >= 15 is 0 Å². The lowest BCUT2D eigenvalue weighted by molar-refractivity contribution is 0.102. The number of methoxy groups -OCH3 is 1. The van der Waals surface area contributed by atoms with Crippen LogP contribution < -0.4 is 14.8 Å². The summed E-state index contributed by atoms with van der Waals surface area (Å²) < 4.78 is 33.0. The van der Waals surface area contributed by atoms with Crippen molar-refractivity contribution in [3.8, 4) is 17.0 Å². The van der Waals surface area contributed by atoms with Gasteiger partial charge in [0.25, 0.3) is 15.9 Å². The highest BCUT2D eigenvalue weighted by atomic mass is 32.2. The number of carbonyl (C=O) groups excluding carboxylic acids is 2. The minimum absolute atomic E-state index is 0.0777. The Morgan fingerprint density at radius 2 is 1.40 bits per heavy atom. The van der Waals surface area contributed by atoms with Crippen LogP contribution in [0, 0.1) is 0 Å². The summed E-state index contributed by atoms with van der Waals surface area (Å²) in [4.78, 5) is 31.4. The number of ketones is 1. The van der Waals surface area contributed by atoms with Crippen LogP contribution in [-0.2, 0) is 10.0 Å². The third kappa shape index (κ3) is 5.93. The van der Waals surface area contributed by atoms with Crippen LogP contribution in [0.25, 0.3) is 11.3 Å². The molecule has 0 radical (unpaired) electrons. The number of anilines is 2. The summed E-state index contributed by atoms with van der Waals surface area (Å²) in [7, 11) is -2.33. The zero-order valence-corrected chi connectivity index (χ0v) is 22.8. The van der Waals surface area contributed by atoms with Crippen molar-refractivity contribution in [1.29, 1.82) is 0 Å². The molecule has 8 nitrogen and oxygen atoms in total. The van der Waals surface area contributed by atoms with Gasteiger partial charge in [0.1, 0.15) is 10.6 Å². The van der Waals surface area contributed by atoms with Crippen LogP contribution in [0.4, 0.5) is 10.8 Å². The number of hydrogen-bond acceptors (Lipinski definition) is 7. The molecule has 0 saturated carbocycles. The number of nitrogens with zero attached hydrogens (tertiary/aromatic N) is 1. The number of aromatic nitrogens is 1. The molecule has 0 aliphatic heterocycles. The Hall–Kier alpha value is -4.80. The molecule has 0 aliphatic rings. The maximum Gasteiger partial charge on any atom is 0.261 e. The first-order chi connectivity index (χ1) is 19.3. The van der Waals surface area contributed by atoms with Crippen molar-refractivity contribution in [3.05, 3.63) is 125 Å². The van der Waals surface area contributed by atoms with E-state index in [2.05, 4.69) is 15.0 Å². The molecule has 0 atom stereocenters. The number of benzene rings is 4. The van der Waals surface area contributed by atoms with Crippen LogP contribution in [0.15, 0.2) is 114 Å². The Kier molecular flexibility index (Phi) is 7.72. The molecule has 0 bridgehead atoms. The Bertz CT molecular complexity index is 1750. The van der Waals surface area contributed by atoms with Gasteiger partial charge in [0.05, 0.1) is 17.7 Å². The first-order valence-corrected chi connectivity index (χ1v) is 14.4. The summed E-state index contributed by atoms with van der Waals surface area (Å²) in [5.74, 6) is -0.0930. The molecule has 1 heterocycles. The lowest BCUT2D eigenvalue weighted by Crippen LogP contribution is -2.14. The highest BCUT2D eigenvalue weighted by Crippen LogP contribution is 2.33. The number of sulfonamides is 1. The molecule has 0 fully saturated rings. The van der Waals surface area contributed by atoms with Gasteiger partial charge >= 0.3 is 0 Å². The summed E-state index contributed by atoms with van der Waals surface area (Å²) in [5.41, 5.74) is 2.35. The van der Waals surface area contributed by atoms with Gasteiger partial charge in [-0.2, -0.15) is 0 Å². The third-order valence-corrected chi connectivity index (χ3v) is 8.27. The Balaban J connectivity index is 1.34. The molecular formula is C30H23N3O5S2. The molecule has 10 heteroatoms. The Labute approximate surface area is 235 Å². The van der Waals surface area contributed by atoms with Crippen LogP contribution in [0.2, 0.25) is 0 Å². The van der Waals surface area contributed by atoms with Gasteiger partial charge in [-0.3, -0.25) is 19.6 Å². The first kappa shape index (κ1) is 26.8. The highest BCUT2D eigenvalue weighted by Gasteiger charge is 2.22. The van der Waals surface area contributed by atoms with E-state index in [1.54, 1.807) is 36.4 Å². The van der Waals surface area contributed by atoms with E-state index in [0.717, 1.165) is 16.9 Å². The zero-order chi connectivity index (χ0) is 28.1. The highest BCUT2D eigenvalue weighted by molar-refractivity contribution is 7.92. The molecule has 0 unspecified atom stereocenters. The average molecular weight is 570 g/mol. The second-order valence-corrected chi connectivity index (χ2v) is 11.3. The van der Waals surface area contributed by atoms with Crippen LogP contribution >= 0.6 is 11.3 Å². The monoisotopic (exact) mass is 569 g/mol. The third-order valence-electron chi connectivity index (χ3n) is 5.91. The van der Waals surface area contributed by atoms with Gasteiger partial charge in [-0.05, 0) is 48.5 Å². The largest absolute Gasteiger partial charge is 0.497 e. The zero-order valence-electron chi connectivity index (χ0n) is 21.2. The van der Waals surface area contributed by atoms with Crippen molar-refractivity contribution in [2.75, 3.05) is 17.1 Å². The van der Waals surface area contributed by atoms with E-state index < -0.39 is 15.9 Å². The van der Waals surface area contributed by atoms with E-state index in [9.17, 15) is 18.0 Å². The number of thiazole rings is 1. The van der Waals surface area contributed by atoms with E-state index in [0.29, 0.717) is 33.1 Å². The fourth-order valence-electron chi connectivity index (χ4n) is 3.87. The van der Waals surface area contributed by atoms with Gasteiger partial charge in [0.15, 0.2) is 5.13 Å². The summed E-state index contributed by atoms with van der Waals surface area (Å²) in [6.07, 6.45) is 0. The second kappa shape index (κ2) is 11.5. The molecule has 0 saturated heterocycles. The lowest BCUT2D eigenvalue weighted by Gasteiger charge is -2.09. The van der Waals surface area contributed by atoms with Gasteiger partial charge in [-0.1, -0.05) is 72.0 Å². The average Bonchev–Trinajstić information content (AvgIpc) is 3.41. The van der Waals surface area contributed by atoms with Crippen molar-refractivity contribution >= 4 is 43.9 Å². The maximum atomic E-state index is 13.3. The standard InChI is InChI=1S/C30H23N3O5S2/c1-38-24-16-18-25(19-17-24)40(36,37)33-23-14-12-22(13-15-23)29(35)32-30-31-26(20-8-4-2-5-9-20)28(39-30)27(34)21-10-6-3-7-11-21/h2-19,33H,1H3,(H,31,32,35). The summed E-state index contributed by atoms with van der Waals surface area (Å²) in [6, 6.07) is 30.2. The van der Waals surface area contributed by atoms with Gasteiger partial charge in [-0.15, -0.1) is 0 Å². The molecule has 200 valence electrons. The number of hydrogen-bond donors (Lipinski definition) is 2. The van der Waals surface area contributed by atoms with E-state index in [1.807, 2.05) is 36.4 Å². The quantitative estimate of drug-likeness (QED) is 0.207. The number of rotatable bonds is 9. The summed E-state index contributed by atoms with van der Waals surface area (Å²) in [5, 5.41) is 3.04. The Morgan fingerprint density at radius 1 is 0.775 bits per heavy atom. The molecule has 2 N–H and O–H groups in total. The van der Waals surface area contributed by atoms with Crippen molar-refractivity contribution in [2.45, 2.75) is 4.90 Å². The lowest BCUT2D eigenvalue weighted by atomic mass is 10.1. The number of nitrogens with one attached hydrogen (secondary N) is 2. The predicted molar refractivity (Wildman–Crippen MR) is 156 cm³/mol. The van der Waals surface area contributed by atoms with Crippen LogP contribution in [0.5, 0.6) is 5.75 Å². The van der Waals surface area contributed by atoms with Crippen LogP contribution in [-0.4, -0.2) is 32.2 Å². The second-order valence-electron chi connectivity index (χ2n) is 8.57. The van der Waals surface area contributed by atoms with Crippen LogP contribution in [0.1, 0.15) is 25.6 Å². The molecule has 5 rings (SSSR count). The minimum atomic E-state index is -3.83. The van der Waals surface area contributed by atoms with Crippen molar-refractivity contribution in [2.24, 2.45) is 0 Å². The first-order valence-electron chi connectivity index (χ1n) is 12.1. The van der Waals surface area contributed by atoms with Crippen molar-refractivity contribution in [3.63, 3.8) is 0 Å². The summed E-state index contributed by atoms with van der Waals surface area (Å²) in [6.45, 7) is 0.